The Balaban J connectivity index is 1.45. The van der Waals surface area contributed by atoms with E-state index in [2.05, 4.69) is 15.2 Å². The molecule has 0 aliphatic heterocycles. The van der Waals surface area contributed by atoms with Crippen molar-refractivity contribution in [2.45, 2.75) is 25.5 Å². The molecule has 2 aromatic heterocycles. The van der Waals surface area contributed by atoms with Crippen molar-refractivity contribution < 1.29 is 13.9 Å². The standard InChI is InChI=1S/C23H16ClN5O3/c24-17-8-4-7-16(11-17)22-26-20(21(32-22)14-9-10-14)19-18(12-25)27-29(28-19)13-31-23(30)15-5-2-1-3-6-15/h1-8,11,14H,9-10,13H2. The summed E-state index contributed by atoms with van der Waals surface area (Å²) in [4.78, 5) is 18.0. The number of halogens is 1. The second-order valence-electron chi connectivity index (χ2n) is 7.32. The Morgan fingerprint density at radius 2 is 1.97 bits per heavy atom. The Bertz CT molecular complexity index is 1340. The van der Waals surface area contributed by atoms with E-state index in [0.717, 1.165) is 18.4 Å². The van der Waals surface area contributed by atoms with Crippen molar-refractivity contribution in [3.05, 3.63) is 76.6 Å². The first-order valence-corrected chi connectivity index (χ1v) is 10.3. The lowest BCUT2D eigenvalue weighted by molar-refractivity contribution is 0.0321. The molecular formula is C23H16ClN5O3. The van der Waals surface area contributed by atoms with E-state index in [1.54, 1.807) is 36.4 Å². The van der Waals surface area contributed by atoms with Crippen LogP contribution >= 0.6 is 11.6 Å². The summed E-state index contributed by atoms with van der Waals surface area (Å²) in [5, 5.41) is 18.7. The number of hydrogen-bond donors (Lipinski definition) is 0. The molecule has 0 amide bonds. The number of ether oxygens (including phenoxy) is 1. The third-order valence-corrected chi connectivity index (χ3v) is 5.21. The molecule has 158 valence electrons. The summed E-state index contributed by atoms with van der Waals surface area (Å²) in [5.74, 6) is 0.785. The van der Waals surface area contributed by atoms with Crippen LogP contribution in [-0.4, -0.2) is 25.9 Å². The van der Waals surface area contributed by atoms with Gasteiger partial charge < -0.3 is 9.15 Å². The molecule has 5 rings (SSSR count). The Hall–Kier alpha value is -3.96. The van der Waals surface area contributed by atoms with E-state index in [-0.39, 0.29) is 18.3 Å². The SMILES string of the molecule is N#Cc1nn(COC(=O)c2ccccc2)nc1-c1nc(-c2cccc(Cl)c2)oc1C1CC1. The van der Waals surface area contributed by atoms with E-state index in [1.165, 1.54) is 4.80 Å². The highest BCUT2D eigenvalue weighted by Gasteiger charge is 2.34. The molecule has 0 saturated heterocycles. The molecule has 0 unspecified atom stereocenters. The predicted octanol–water partition coefficient (Wildman–Crippen LogP) is 4.82. The summed E-state index contributed by atoms with van der Waals surface area (Å²) < 4.78 is 11.3. The fourth-order valence-electron chi connectivity index (χ4n) is 3.28. The summed E-state index contributed by atoms with van der Waals surface area (Å²) in [6, 6.07) is 17.8. The van der Waals surface area contributed by atoms with Crippen molar-refractivity contribution in [1.82, 2.24) is 20.0 Å². The largest absolute Gasteiger partial charge is 0.440 e. The van der Waals surface area contributed by atoms with Gasteiger partial charge in [0.25, 0.3) is 0 Å². The fourth-order valence-corrected chi connectivity index (χ4v) is 3.47. The maximum atomic E-state index is 12.2. The molecule has 32 heavy (non-hydrogen) atoms. The van der Waals surface area contributed by atoms with E-state index in [4.69, 9.17) is 20.8 Å². The highest BCUT2D eigenvalue weighted by Crippen LogP contribution is 2.46. The molecule has 4 aromatic rings. The summed E-state index contributed by atoms with van der Waals surface area (Å²) in [6.45, 7) is -0.236. The normalized spacial score (nSPS) is 13.0. The average molecular weight is 446 g/mol. The summed E-state index contributed by atoms with van der Waals surface area (Å²) in [5.41, 5.74) is 1.99. The van der Waals surface area contributed by atoms with Gasteiger partial charge in [0.05, 0.1) is 5.56 Å². The number of rotatable bonds is 6. The molecule has 1 aliphatic carbocycles. The minimum absolute atomic E-state index is 0.0774. The number of hydrogen-bond acceptors (Lipinski definition) is 7. The smallest absolute Gasteiger partial charge is 0.339 e. The van der Waals surface area contributed by atoms with Crippen LogP contribution in [0.1, 0.15) is 40.6 Å². The van der Waals surface area contributed by atoms with E-state index in [9.17, 15) is 10.1 Å². The molecule has 2 heterocycles. The van der Waals surface area contributed by atoms with Crippen molar-refractivity contribution in [2.24, 2.45) is 0 Å². The van der Waals surface area contributed by atoms with Crippen LogP contribution in [0.15, 0.2) is 59.0 Å². The van der Waals surface area contributed by atoms with Gasteiger partial charge in [0.2, 0.25) is 12.6 Å². The topological polar surface area (TPSA) is 107 Å². The highest BCUT2D eigenvalue weighted by molar-refractivity contribution is 6.30. The van der Waals surface area contributed by atoms with Crippen molar-refractivity contribution in [3.63, 3.8) is 0 Å². The number of benzene rings is 2. The van der Waals surface area contributed by atoms with Crippen LogP contribution < -0.4 is 0 Å². The molecule has 1 fully saturated rings. The first-order valence-electron chi connectivity index (χ1n) is 9.97. The number of esters is 1. The molecule has 1 aliphatic rings. The lowest BCUT2D eigenvalue weighted by atomic mass is 10.2. The molecule has 0 bridgehead atoms. The second-order valence-corrected chi connectivity index (χ2v) is 7.76. The predicted molar refractivity (Wildman–Crippen MR) is 115 cm³/mol. The number of nitriles is 1. The minimum atomic E-state index is -0.508. The van der Waals surface area contributed by atoms with Gasteiger partial charge in [0, 0.05) is 16.5 Å². The Morgan fingerprint density at radius 1 is 1.16 bits per heavy atom. The Kier molecular flexibility index (Phi) is 5.17. The van der Waals surface area contributed by atoms with Crippen molar-refractivity contribution >= 4 is 17.6 Å². The van der Waals surface area contributed by atoms with Crippen LogP contribution in [0.3, 0.4) is 0 Å². The van der Waals surface area contributed by atoms with Gasteiger partial charge in [-0.25, -0.2) is 9.78 Å². The molecule has 0 atom stereocenters. The molecule has 0 spiro atoms. The van der Waals surface area contributed by atoms with Gasteiger partial charge in [-0.15, -0.1) is 15.0 Å². The van der Waals surface area contributed by atoms with Crippen LogP contribution in [0.2, 0.25) is 5.02 Å². The van der Waals surface area contributed by atoms with E-state index in [1.807, 2.05) is 24.3 Å². The zero-order valence-corrected chi connectivity index (χ0v) is 17.5. The van der Waals surface area contributed by atoms with Crippen molar-refractivity contribution in [3.8, 4) is 28.9 Å². The van der Waals surface area contributed by atoms with Gasteiger partial charge in [-0.2, -0.15) is 5.26 Å². The molecule has 1 saturated carbocycles. The average Bonchev–Trinajstić information content (AvgIpc) is 3.43. The maximum Gasteiger partial charge on any atom is 0.339 e. The minimum Gasteiger partial charge on any atom is -0.440 e. The Labute approximate surface area is 188 Å². The van der Waals surface area contributed by atoms with Crippen molar-refractivity contribution in [1.29, 1.82) is 5.26 Å². The quantitative estimate of drug-likeness (QED) is 0.391. The molecule has 2 aromatic carbocycles. The molecule has 8 nitrogen and oxygen atoms in total. The molecule has 0 radical (unpaired) electrons. The summed E-state index contributed by atoms with van der Waals surface area (Å²) in [7, 11) is 0. The number of carbonyl (C=O) groups is 1. The van der Waals surface area contributed by atoms with Crippen LogP contribution in [-0.2, 0) is 11.5 Å². The lowest BCUT2D eigenvalue weighted by Crippen LogP contribution is -2.12. The van der Waals surface area contributed by atoms with Gasteiger partial charge in [0.1, 0.15) is 17.5 Å². The third-order valence-electron chi connectivity index (χ3n) is 4.98. The van der Waals surface area contributed by atoms with Crippen molar-refractivity contribution in [2.75, 3.05) is 0 Å². The van der Waals surface area contributed by atoms with Crippen LogP contribution in [0.5, 0.6) is 0 Å². The van der Waals surface area contributed by atoms with Crippen LogP contribution in [0, 0.1) is 11.3 Å². The summed E-state index contributed by atoms with van der Waals surface area (Å²) >= 11 is 6.11. The van der Waals surface area contributed by atoms with E-state index >= 15 is 0 Å². The number of aromatic nitrogens is 4. The monoisotopic (exact) mass is 445 g/mol. The fraction of sp³-hybridized carbons (Fsp3) is 0.174. The zero-order chi connectivity index (χ0) is 22.1. The lowest BCUT2D eigenvalue weighted by Gasteiger charge is -2.03. The maximum absolute atomic E-state index is 12.2. The highest BCUT2D eigenvalue weighted by atomic mass is 35.5. The zero-order valence-electron chi connectivity index (χ0n) is 16.7. The van der Waals surface area contributed by atoms with Gasteiger partial charge in [-0.3, -0.25) is 0 Å². The molecule has 9 heteroatoms. The third kappa shape index (κ3) is 3.98. The number of carbonyl (C=O) groups excluding carboxylic acids is 1. The first kappa shape index (κ1) is 20.0. The Morgan fingerprint density at radius 3 is 2.69 bits per heavy atom. The van der Waals surface area contributed by atoms with Gasteiger partial charge in [-0.1, -0.05) is 35.9 Å². The molecule has 0 N–H and O–H groups in total. The number of nitrogens with zero attached hydrogens (tertiary/aromatic N) is 5. The van der Waals surface area contributed by atoms with Gasteiger partial charge in [-0.05, 0) is 43.2 Å². The number of oxazole rings is 1. The second kappa shape index (κ2) is 8.29. The summed E-state index contributed by atoms with van der Waals surface area (Å²) in [6.07, 6.45) is 1.95. The first-order chi connectivity index (χ1) is 15.6. The van der Waals surface area contributed by atoms with E-state index < -0.39 is 5.97 Å². The molecular weight excluding hydrogens is 430 g/mol. The van der Waals surface area contributed by atoms with Crippen LogP contribution in [0.4, 0.5) is 0 Å². The van der Waals surface area contributed by atoms with Crippen LogP contribution in [0.25, 0.3) is 22.8 Å². The van der Waals surface area contributed by atoms with Gasteiger partial charge in [0.15, 0.2) is 11.4 Å². The van der Waals surface area contributed by atoms with E-state index in [0.29, 0.717) is 33.6 Å². The van der Waals surface area contributed by atoms with Gasteiger partial charge >= 0.3 is 5.97 Å².